The van der Waals surface area contributed by atoms with Crippen LogP contribution in [0.15, 0.2) is 21.2 Å². The molecule has 0 aromatic carbocycles. The Kier molecular flexibility index (Phi) is 4.07. The number of rotatable bonds is 2. The Labute approximate surface area is 99.8 Å². The van der Waals surface area contributed by atoms with E-state index in [9.17, 15) is 4.79 Å². The Morgan fingerprint density at radius 1 is 1.57 bits per heavy atom. The molecule has 0 saturated carbocycles. The van der Waals surface area contributed by atoms with E-state index >= 15 is 0 Å². The van der Waals surface area contributed by atoms with E-state index in [1.54, 1.807) is 18.1 Å². The quantitative estimate of drug-likeness (QED) is 0.839. The molecule has 1 aromatic heterocycles. The van der Waals surface area contributed by atoms with E-state index < -0.39 is 0 Å². The Morgan fingerprint density at radius 3 is 2.71 bits per heavy atom. The lowest BCUT2D eigenvalue weighted by atomic mass is 10.3. The van der Waals surface area contributed by atoms with Crippen LogP contribution >= 0.6 is 31.9 Å². The predicted octanol–water partition coefficient (Wildman–Crippen LogP) is 2.70. The third-order valence-corrected chi connectivity index (χ3v) is 2.87. The van der Waals surface area contributed by atoms with Crippen LogP contribution in [-0.2, 0) is 0 Å². The number of halogens is 2. The second-order valence-corrected chi connectivity index (χ2v) is 4.57. The van der Waals surface area contributed by atoms with Crippen LogP contribution in [0.5, 0.6) is 0 Å². The summed E-state index contributed by atoms with van der Waals surface area (Å²) < 4.78 is 1.55. The van der Waals surface area contributed by atoms with Gasteiger partial charge >= 0.3 is 0 Å². The van der Waals surface area contributed by atoms with Gasteiger partial charge in [-0.05, 0) is 44.8 Å². The summed E-state index contributed by atoms with van der Waals surface area (Å²) in [6.45, 7) is 2.59. The lowest BCUT2D eigenvalue weighted by Gasteiger charge is -2.14. The molecule has 1 amide bonds. The highest BCUT2D eigenvalue weighted by Gasteiger charge is 2.14. The number of hydrogen-bond donors (Lipinski definition) is 0. The van der Waals surface area contributed by atoms with Crippen molar-refractivity contribution >= 4 is 37.8 Å². The summed E-state index contributed by atoms with van der Waals surface area (Å²) in [6, 6.07) is 1.81. The van der Waals surface area contributed by atoms with Gasteiger partial charge in [0.1, 0.15) is 5.69 Å². The fraction of sp³-hybridized carbons (Fsp3) is 0.333. The van der Waals surface area contributed by atoms with Crippen molar-refractivity contribution in [2.24, 2.45) is 0 Å². The number of carbonyl (C=O) groups excluding carboxylic acids is 1. The van der Waals surface area contributed by atoms with Crippen molar-refractivity contribution in [3.63, 3.8) is 0 Å². The summed E-state index contributed by atoms with van der Waals surface area (Å²) in [4.78, 5) is 17.4. The van der Waals surface area contributed by atoms with Crippen molar-refractivity contribution in [2.45, 2.75) is 6.92 Å². The van der Waals surface area contributed by atoms with E-state index in [1.165, 1.54) is 0 Å². The Bertz CT molecular complexity index is 355. The number of carbonyl (C=O) groups is 1. The van der Waals surface area contributed by atoms with Crippen molar-refractivity contribution in [3.05, 3.63) is 26.9 Å². The molecule has 3 nitrogen and oxygen atoms in total. The first-order chi connectivity index (χ1) is 6.56. The summed E-state index contributed by atoms with van der Waals surface area (Å²) in [5.41, 5.74) is 0.442. The number of nitrogens with zero attached hydrogens (tertiary/aromatic N) is 2. The predicted molar refractivity (Wildman–Crippen MR) is 62.3 cm³/mol. The number of pyridine rings is 1. The van der Waals surface area contributed by atoms with E-state index in [0.717, 1.165) is 4.47 Å². The molecule has 1 heterocycles. The highest BCUT2D eigenvalue weighted by atomic mass is 79.9. The van der Waals surface area contributed by atoms with Crippen LogP contribution in [0.1, 0.15) is 17.4 Å². The lowest BCUT2D eigenvalue weighted by Crippen LogP contribution is -2.27. The van der Waals surface area contributed by atoms with Gasteiger partial charge in [-0.1, -0.05) is 0 Å². The first-order valence-corrected chi connectivity index (χ1v) is 5.71. The molecule has 0 bridgehead atoms. The van der Waals surface area contributed by atoms with Gasteiger partial charge in [0.2, 0.25) is 0 Å². The largest absolute Gasteiger partial charge is 0.341 e. The summed E-state index contributed by atoms with van der Waals surface area (Å²) in [5.74, 6) is -0.0770. The van der Waals surface area contributed by atoms with E-state index in [-0.39, 0.29) is 5.91 Å². The van der Waals surface area contributed by atoms with Crippen LogP contribution in [0.25, 0.3) is 0 Å². The zero-order valence-corrected chi connectivity index (χ0v) is 11.1. The molecule has 0 aliphatic heterocycles. The average molecular weight is 322 g/mol. The molecule has 14 heavy (non-hydrogen) atoms. The summed E-state index contributed by atoms with van der Waals surface area (Å²) in [5, 5.41) is 0. The number of hydrogen-bond acceptors (Lipinski definition) is 2. The minimum atomic E-state index is -0.0770. The first-order valence-electron chi connectivity index (χ1n) is 4.12. The maximum absolute atomic E-state index is 11.7. The topological polar surface area (TPSA) is 33.2 Å². The molecule has 5 heteroatoms. The maximum Gasteiger partial charge on any atom is 0.273 e. The van der Waals surface area contributed by atoms with Crippen molar-refractivity contribution in [1.82, 2.24) is 9.88 Å². The average Bonchev–Trinajstić information content (AvgIpc) is 2.15. The minimum absolute atomic E-state index is 0.0770. The second-order valence-electron chi connectivity index (χ2n) is 2.80. The second kappa shape index (κ2) is 4.89. The Morgan fingerprint density at radius 2 is 2.21 bits per heavy atom. The fourth-order valence-corrected chi connectivity index (χ4v) is 2.05. The van der Waals surface area contributed by atoms with E-state index in [1.807, 2.05) is 13.0 Å². The van der Waals surface area contributed by atoms with Gasteiger partial charge in [0.25, 0.3) is 5.91 Å². The van der Waals surface area contributed by atoms with Crippen molar-refractivity contribution < 1.29 is 4.79 Å². The molecule has 76 valence electrons. The molecule has 0 N–H and O–H groups in total. The van der Waals surface area contributed by atoms with Gasteiger partial charge in [0.05, 0.1) is 4.47 Å². The SMILES string of the molecule is CCN(C)C(=O)c1ncc(Br)cc1Br. The van der Waals surface area contributed by atoms with Crippen LogP contribution in [0.4, 0.5) is 0 Å². The van der Waals surface area contributed by atoms with Crippen LogP contribution in [0, 0.1) is 0 Å². The van der Waals surface area contributed by atoms with Crippen molar-refractivity contribution in [2.75, 3.05) is 13.6 Å². The molecule has 0 fully saturated rings. The first kappa shape index (κ1) is 11.7. The normalized spacial score (nSPS) is 10.0. The van der Waals surface area contributed by atoms with Crippen LogP contribution in [0.3, 0.4) is 0 Å². The van der Waals surface area contributed by atoms with Crippen LogP contribution in [-0.4, -0.2) is 29.4 Å². The lowest BCUT2D eigenvalue weighted by molar-refractivity contribution is 0.0795. The van der Waals surface area contributed by atoms with Gasteiger partial charge in [-0.2, -0.15) is 0 Å². The fourth-order valence-electron chi connectivity index (χ4n) is 0.896. The monoisotopic (exact) mass is 320 g/mol. The van der Waals surface area contributed by atoms with Gasteiger partial charge in [-0.3, -0.25) is 4.79 Å². The molecule has 0 radical (unpaired) electrons. The Balaban J connectivity index is 3.02. The van der Waals surface area contributed by atoms with E-state index in [0.29, 0.717) is 16.7 Å². The van der Waals surface area contributed by atoms with Crippen molar-refractivity contribution in [1.29, 1.82) is 0 Å². The van der Waals surface area contributed by atoms with Crippen LogP contribution < -0.4 is 0 Å². The van der Waals surface area contributed by atoms with Gasteiger partial charge in [0.15, 0.2) is 0 Å². The zero-order chi connectivity index (χ0) is 10.7. The van der Waals surface area contributed by atoms with Gasteiger partial charge in [-0.15, -0.1) is 0 Å². The number of aromatic nitrogens is 1. The maximum atomic E-state index is 11.7. The van der Waals surface area contributed by atoms with Gasteiger partial charge < -0.3 is 4.90 Å². The third kappa shape index (κ3) is 2.54. The van der Waals surface area contributed by atoms with E-state index in [2.05, 4.69) is 36.8 Å². The molecule has 0 saturated heterocycles. The highest BCUT2D eigenvalue weighted by Crippen LogP contribution is 2.20. The molecule has 0 spiro atoms. The number of amides is 1. The van der Waals surface area contributed by atoms with Crippen LogP contribution in [0.2, 0.25) is 0 Å². The standard InChI is InChI=1S/C9H10Br2N2O/c1-3-13(2)9(14)8-7(11)4-6(10)5-12-8/h4-5H,3H2,1-2H3. The zero-order valence-electron chi connectivity index (χ0n) is 7.92. The molecule has 1 rings (SSSR count). The smallest absolute Gasteiger partial charge is 0.273 e. The molecule has 0 unspecified atom stereocenters. The molecular weight excluding hydrogens is 312 g/mol. The third-order valence-electron chi connectivity index (χ3n) is 1.83. The van der Waals surface area contributed by atoms with Crippen molar-refractivity contribution in [3.8, 4) is 0 Å². The molecule has 0 atom stereocenters. The molecule has 0 aliphatic rings. The van der Waals surface area contributed by atoms with Gasteiger partial charge in [0, 0.05) is 24.3 Å². The molecule has 0 aliphatic carbocycles. The summed E-state index contributed by atoms with van der Waals surface area (Å²) in [6.07, 6.45) is 1.61. The highest BCUT2D eigenvalue weighted by molar-refractivity contribution is 9.11. The summed E-state index contributed by atoms with van der Waals surface area (Å²) >= 11 is 6.59. The minimum Gasteiger partial charge on any atom is -0.341 e. The van der Waals surface area contributed by atoms with Gasteiger partial charge in [-0.25, -0.2) is 4.98 Å². The van der Waals surface area contributed by atoms with E-state index in [4.69, 9.17) is 0 Å². The summed E-state index contributed by atoms with van der Waals surface area (Å²) in [7, 11) is 1.75. The molecular formula is C9H10Br2N2O. The molecule has 1 aromatic rings. The Hall–Kier alpha value is -0.420.